The molecule has 3 aromatic rings. The van der Waals surface area contributed by atoms with E-state index in [4.69, 9.17) is 0 Å². The molecular weight excluding hydrogens is 371 g/mol. The molecule has 0 bridgehead atoms. The van der Waals surface area contributed by atoms with Crippen molar-refractivity contribution in [3.8, 4) is 16.8 Å². The minimum absolute atomic E-state index is 0.288. The van der Waals surface area contributed by atoms with Crippen molar-refractivity contribution in [3.63, 3.8) is 0 Å². The molecule has 144 valence electrons. The number of carbonyl (C=O) groups excluding carboxylic acids is 1. The Labute approximate surface area is 158 Å². The molecule has 0 atom stereocenters. The lowest BCUT2D eigenvalue weighted by Gasteiger charge is -2.13. The maximum absolute atomic E-state index is 13.0. The average Bonchev–Trinajstić information content (AvgIpc) is 3.15. The molecular formula is C19H16F3N5O. The Hall–Kier alpha value is -3.49. The molecule has 6 nitrogen and oxygen atoms in total. The highest BCUT2D eigenvalue weighted by Crippen LogP contribution is 2.27. The van der Waals surface area contributed by atoms with Crippen LogP contribution in [0.3, 0.4) is 0 Å². The number of benzene rings is 2. The molecule has 0 radical (unpaired) electrons. The molecule has 1 aromatic heterocycles. The van der Waals surface area contributed by atoms with Gasteiger partial charge in [0, 0.05) is 20.3 Å². The average molecular weight is 387 g/mol. The number of carbonyl (C=O) groups is 1. The first-order valence-corrected chi connectivity index (χ1v) is 8.22. The monoisotopic (exact) mass is 387 g/mol. The molecule has 0 fully saturated rings. The van der Waals surface area contributed by atoms with E-state index in [9.17, 15) is 18.0 Å². The topological polar surface area (TPSA) is 63.9 Å². The lowest BCUT2D eigenvalue weighted by Crippen LogP contribution is -2.26. The van der Waals surface area contributed by atoms with Crippen LogP contribution in [0.1, 0.15) is 5.82 Å². The number of hydrogen-bond donors (Lipinski definition) is 0. The number of hydrogen-bond acceptors (Lipinski definition) is 5. The molecule has 0 saturated carbocycles. The summed E-state index contributed by atoms with van der Waals surface area (Å²) in [5.74, 6) is -2.30. The quantitative estimate of drug-likeness (QED) is 0.628. The fourth-order valence-corrected chi connectivity index (χ4v) is 2.58. The van der Waals surface area contributed by atoms with Gasteiger partial charge in [0.25, 0.3) is 5.78 Å². The second-order valence-corrected chi connectivity index (χ2v) is 6.16. The molecule has 1 heterocycles. The van der Waals surface area contributed by atoms with Crippen LogP contribution in [0.2, 0.25) is 0 Å². The Morgan fingerprint density at radius 1 is 1.00 bits per heavy atom. The number of Topliss-reactive ketones (excluding diaryl/α,β-unsaturated/α-hetero) is 1. The van der Waals surface area contributed by atoms with Crippen LogP contribution in [-0.2, 0) is 4.79 Å². The van der Waals surface area contributed by atoms with Gasteiger partial charge in [0.1, 0.15) is 0 Å². The maximum Gasteiger partial charge on any atom is 0.455 e. The number of alkyl halides is 3. The van der Waals surface area contributed by atoms with Gasteiger partial charge < -0.3 is 4.90 Å². The van der Waals surface area contributed by atoms with E-state index in [1.807, 2.05) is 30.3 Å². The highest BCUT2D eigenvalue weighted by atomic mass is 19.4. The number of tetrazole rings is 1. The molecule has 2 aromatic carbocycles. The zero-order valence-corrected chi connectivity index (χ0v) is 15.1. The summed E-state index contributed by atoms with van der Waals surface area (Å²) in [6, 6.07) is 16.6. The van der Waals surface area contributed by atoms with Crippen molar-refractivity contribution in [2.24, 2.45) is 0 Å². The number of rotatable bonds is 5. The van der Waals surface area contributed by atoms with Crippen molar-refractivity contribution in [1.82, 2.24) is 25.1 Å². The van der Waals surface area contributed by atoms with Gasteiger partial charge in [-0.1, -0.05) is 42.5 Å². The molecule has 0 saturated heterocycles. The standard InChI is InChI=1S/C19H16F3N5O/c1-26(2)12-16(17(28)19(20,21)22)18-23-24-25-27(18)15-10-8-14(9-11-15)13-6-4-3-5-7-13/h3-12H,1-2H3/b16-12+. The fourth-order valence-electron chi connectivity index (χ4n) is 2.58. The van der Waals surface area contributed by atoms with Gasteiger partial charge in [-0.25, -0.2) is 0 Å². The highest BCUT2D eigenvalue weighted by molar-refractivity contribution is 6.22. The van der Waals surface area contributed by atoms with Crippen LogP contribution >= 0.6 is 0 Å². The van der Waals surface area contributed by atoms with Gasteiger partial charge in [-0.2, -0.15) is 17.9 Å². The van der Waals surface area contributed by atoms with Crippen LogP contribution in [-0.4, -0.2) is 51.2 Å². The summed E-state index contributed by atoms with van der Waals surface area (Å²) in [6.45, 7) is 0. The summed E-state index contributed by atoms with van der Waals surface area (Å²) in [7, 11) is 3.01. The summed E-state index contributed by atoms with van der Waals surface area (Å²) in [4.78, 5) is 13.2. The van der Waals surface area contributed by atoms with Gasteiger partial charge in [0.05, 0.1) is 11.3 Å². The van der Waals surface area contributed by atoms with Crippen molar-refractivity contribution >= 4 is 11.4 Å². The third-order valence-corrected chi connectivity index (χ3v) is 3.82. The van der Waals surface area contributed by atoms with E-state index in [1.165, 1.54) is 19.0 Å². The van der Waals surface area contributed by atoms with E-state index in [2.05, 4.69) is 15.5 Å². The number of halogens is 3. The number of nitrogens with zero attached hydrogens (tertiary/aromatic N) is 5. The van der Waals surface area contributed by atoms with E-state index in [-0.39, 0.29) is 5.82 Å². The first-order chi connectivity index (χ1) is 13.3. The summed E-state index contributed by atoms with van der Waals surface area (Å²) in [6.07, 6.45) is -3.99. The number of allylic oxidation sites excluding steroid dienone is 1. The van der Waals surface area contributed by atoms with Crippen LogP contribution in [0.5, 0.6) is 0 Å². The van der Waals surface area contributed by atoms with Gasteiger partial charge >= 0.3 is 6.18 Å². The SMILES string of the molecule is CN(C)/C=C(\C(=O)C(F)(F)F)c1nnnn1-c1ccc(-c2ccccc2)cc1. The highest BCUT2D eigenvalue weighted by Gasteiger charge is 2.43. The molecule has 0 aliphatic heterocycles. The van der Waals surface area contributed by atoms with Gasteiger partial charge in [0.15, 0.2) is 5.82 Å². The Balaban J connectivity index is 2.02. The van der Waals surface area contributed by atoms with Gasteiger partial charge in [-0.05, 0) is 33.7 Å². The van der Waals surface area contributed by atoms with Crippen molar-refractivity contribution in [3.05, 3.63) is 66.6 Å². The summed E-state index contributed by atoms with van der Waals surface area (Å²) < 4.78 is 40.2. The summed E-state index contributed by atoms with van der Waals surface area (Å²) in [5, 5.41) is 10.9. The normalized spacial score (nSPS) is 12.1. The van der Waals surface area contributed by atoms with E-state index in [1.54, 1.807) is 24.3 Å². The third-order valence-electron chi connectivity index (χ3n) is 3.82. The Morgan fingerprint density at radius 2 is 1.61 bits per heavy atom. The zero-order valence-electron chi connectivity index (χ0n) is 15.1. The molecule has 0 N–H and O–H groups in total. The van der Waals surface area contributed by atoms with Crippen LogP contribution in [0, 0.1) is 0 Å². The van der Waals surface area contributed by atoms with Gasteiger partial charge in [-0.3, -0.25) is 4.79 Å². The van der Waals surface area contributed by atoms with Gasteiger partial charge in [0.2, 0.25) is 0 Å². The molecule has 0 aliphatic carbocycles. The lowest BCUT2D eigenvalue weighted by atomic mass is 10.1. The van der Waals surface area contributed by atoms with Crippen LogP contribution in [0.15, 0.2) is 60.8 Å². The molecule has 9 heteroatoms. The van der Waals surface area contributed by atoms with Crippen molar-refractivity contribution in [2.75, 3.05) is 14.1 Å². The molecule has 0 aliphatic rings. The van der Waals surface area contributed by atoms with Crippen LogP contribution in [0.4, 0.5) is 13.2 Å². The summed E-state index contributed by atoms with van der Waals surface area (Å²) in [5.41, 5.74) is 1.70. The Morgan fingerprint density at radius 3 is 2.18 bits per heavy atom. The maximum atomic E-state index is 13.0. The van der Waals surface area contributed by atoms with Crippen LogP contribution in [0.25, 0.3) is 22.4 Å². The minimum atomic E-state index is -5.05. The largest absolute Gasteiger partial charge is 0.455 e. The van der Waals surface area contributed by atoms with E-state index < -0.39 is 17.5 Å². The van der Waals surface area contributed by atoms with Crippen molar-refractivity contribution in [2.45, 2.75) is 6.18 Å². The minimum Gasteiger partial charge on any atom is -0.383 e. The third kappa shape index (κ3) is 4.08. The second kappa shape index (κ2) is 7.63. The first-order valence-electron chi connectivity index (χ1n) is 8.22. The second-order valence-electron chi connectivity index (χ2n) is 6.16. The zero-order chi connectivity index (χ0) is 20.3. The molecule has 0 amide bonds. The smallest absolute Gasteiger partial charge is 0.383 e. The van der Waals surface area contributed by atoms with E-state index in [0.717, 1.165) is 22.0 Å². The van der Waals surface area contributed by atoms with Gasteiger partial charge in [-0.15, -0.1) is 5.10 Å². The molecule has 3 rings (SSSR count). The predicted molar refractivity (Wildman–Crippen MR) is 97.3 cm³/mol. The Bertz CT molecular complexity index is 992. The molecule has 28 heavy (non-hydrogen) atoms. The first kappa shape index (κ1) is 19.3. The van der Waals surface area contributed by atoms with Crippen molar-refractivity contribution < 1.29 is 18.0 Å². The predicted octanol–water partition coefficient (Wildman–Crippen LogP) is 3.36. The van der Waals surface area contributed by atoms with E-state index in [0.29, 0.717) is 5.69 Å². The summed E-state index contributed by atoms with van der Waals surface area (Å²) >= 11 is 0. The van der Waals surface area contributed by atoms with E-state index >= 15 is 0 Å². The fraction of sp³-hybridized carbons (Fsp3) is 0.158. The Kier molecular flexibility index (Phi) is 5.25. The van der Waals surface area contributed by atoms with Crippen LogP contribution < -0.4 is 0 Å². The lowest BCUT2D eigenvalue weighted by molar-refractivity contribution is -0.164. The molecule has 0 unspecified atom stereocenters. The number of aromatic nitrogens is 4. The van der Waals surface area contributed by atoms with Crippen molar-refractivity contribution in [1.29, 1.82) is 0 Å². The molecule has 0 spiro atoms. The number of ketones is 1.